The maximum atomic E-state index is 12.4. The second kappa shape index (κ2) is 10.7. The van der Waals surface area contributed by atoms with Crippen LogP contribution in [0.15, 0.2) is 60.8 Å². The van der Waals surface area contributed by atoms with Gasteiger partial charge in [-0.1, -0.05) is 56.3 Å². The SMILES string of the molecule is CC(C)C(=O)Nc1ccc2[nH]cc(C(C(=O)O)N3CCN(CC=Cc4ccccc4)CC3)c2c1. The molecule has 1 fully saturated rings. The number of aromatic nitrogens is 1. The van der Waals surface area contributed by atoms with Crippen LogP contribution in [-0.4, -0.2) is 64.5 Å². The van der Waals surface area contributed by atoms with Gasteiger partial charge in [-0.2, -0.15) is 0 Å². The number of carboxylic acids is 1. The summed E-state index contributed by atoms with van der Waals surface area (Å²) >= 11 is 0. The van der Waals surface area contributed by atoms with Gasteiger partial charge in [0.15, 0.2) is 0 Å². The number of carbonyl (C=O) groups excluding carboxylic acids is 1. The Morgan fingerprint density at radius 2 is 1.82 bits per heavy atom. The van der Waals surface area contributed by atoms with Crippen molar-refractivity contribution in [3.63, 3.8) is 0 Å². The van der Waals surface area contributed by atoms with Crippen molar-refractivity contribution in [3.05, 3.63) is 71.9 Å². The van der Waals surface area contributed by atoms with Gasteiger partial charge >= 0.3 is 5.97 Å². The predicted molar refractivity (Wildman–Crippen MR) is 136 cm³/mol. The highest BCUT2D eigenvalue weighted by Crippen LogP contribution is 2.31. The summed E-state index contributed by atoms with van der Waals surface area (Å²) < 4.78 is 0. The summed E-state index contributed by atoms with van der Waals surface area (Å²) in [6.45, 7) is 7.48. The van der Waals surface area contributed by atoms with Crippen molar-refractivity contribution in [2.24, 2.45) is 5.92 Å². The molecule has 1 aliphatic heterocycles. The van der Waals surface area contributed by atoms with Crippen molar-refractivity contribution in [2.45, 2.75) is 19.9 Å². The molecule has 0 spiro atoms. The van der Waals surface area contributed by atoms with Crippen LogP contribution < -0.4 is 5.32 Å². The van der Waals surface area contributed by atoms with E-state index in [1.54, 1.807) is 6.20 Å². The molecule has 0 radical (unpaired) electrons. The minimum Gasteiger partial charge on any atom is -0.480 e. The van der Waals surface area contributed by atoms with Crippen molar-refractivity contribution >= 4 is 34.5 Å². The third kappa shape index (κ3) is 5.55. The highest BCUT2D eigenvalue weighted by Gasteiger charge is 2.32. The van der Waals surface area contributed by atoms with E-state index in [0.717, 1.165) is 36.1 Å². The number of aromatic amines is 1. The molecule has 7 heteroatoms. The van der Waals surface area contributed by atoms with Gasteiger partial charge in [0, 0.05) is 67.0 Å². The van der Waals surface area contributed by atoms with Crippen LogP contribution >= 0.6 is 0 Å². The Bertz CT molecular complexity index is 1160. The number of fused-ring (bicyclic) bond motifs is 1. The van der Waals surface area contributed by atoms with Gasteiger partial charge < -0.3 is 15.4 Å². The summed E-state index contributed by atoms with van der Waals surface area (Å²) in [5.41, 5.74) is 3.43. The number of hydrogen-bond donors (Lipinski definition) is 3. The standard InChI is InChI=1S/C27H32N4O3/c1-19(2)26(32)29-21-10-11-24-22(17-21)23(18-28-24)25(27(33)34)31-15-13-30(14-16-31)12-6-9-20-7-4-3-5-8-20/h3-11,17-19,25,28H,12-16H2,1-2H3,(H,29,32)(H,33,34). The van der Waals surface area contributed by atoms with Gasteiger partial charge in [-0.05, 0) is 23.8 Å². The van der Waals surface area contributed by atoms with Gasteiger partial charge in [0.25, 0.3) is 0 Å². The average Bonchev–Trinajstić information content (AvgIpc) is 3.23. The van der Waals surface area contributed by atoms with Gasteiger partial charge in [-0.15, -0.1) is 0 Å². The van der Waals surface area contributed by atoms with Crippen molar-refractivity contribution < 1.29 is 14.7 Å². The molecular formula is C27H32N4O3. The largest absolute Gasteiger partial charge is 0.480 e. The molecule has 34 heavy (non-hydrogen) atoms. The van der Waals surface area contributed by atoms with Crippen LogP contribution in [0.1, 0.15) is 31.0 Å². The number of nitrogens with one attached hydrogen (secondary N) is 2. The lowest BCUT2D eigenvalue weighted by Gasteiger charge is -2.37. The molecule has 4 rings (SSSR count). The highest BCUT2D eigenvalue weighted by atomic mass is 16.4. The summed E-state index contributed by atoms with van der Waals surface area (Å²) in [5.74, 6) is -1.06. The first-order valence-electron chi connectivity index (χ1n) is 11.7. The number of rotatable bonds is 8. The van der Waals surface area contributed by atoms with Gasteiger partial charge in [0.2, 0.25) is 5.91 Å². The molecule has 2 heterocycles. The average molecular weight is 461 g/mol. The normalized spacial score (nSPS) is 16.3. The molecule has 1 aromatic heterocycles. The Morgan fingerprint density at radius 1 is 1.09 bits per heavy atom. The van der Waals surface area contributed by atoms with Crippen LogP contribution in [0.25, 0.3) is 17.0 Å². The molecule has 3 aromatic rings. The maximum absolute atomic E-state index is 12.4. The molecule has 178 valence electrons. The van der Waals surface area contributed by atoms with E-state index in [1.807, 2.05) is 55.1 Å². The van der Waals surface area contributed by atoms with Crippen molar-refractivity contribution in [3.8, 4) is 0 Å². The first-order chi connectivity index (χ1) is 16.4. The third-order valence-corrected chi connectivity index (χ3v) is 6.28. The Kier molecular flexibility index (Phi) is 7.45. The van der Waals surface area contributed by atoms with E-state index in [9.17, 15) is 14.7 Å². The molecule has 1 atom stereocenters. The number of benzene rings is 2. The second-order valence-corrected chi connectivity index (χ2v) is 9.04. The fraction of sp³-hybridized carbons (Fsp3) is 0.333. The molecule has 3 N–H and O–H groups in total. The molecule has 0 saturated carbocycles. The second-order valence-electron chi connectivity index (χ2n) is 9.04. The van der Waals surface area contributed by atoms with Gasteiger partial charge in [-0.3, -0.25) is 19.4 Å². The topological polar surface area (TPSA) is 88.7 Å². The van der Waals surface area contributed by atoms with Crippen LogP contribution in [-0.2, 0) is 9.59 Å². The number of piperazine rings is 1. The van der Waals surface area contributed by atoms with E-state index in [4.69, 9.17) is 0 Å². The Labute approximate surface area is 200 Å². The zero-order valence-corrected chi connectivity index (χ0v) is 19.7. The number of nitrogens with zero attached hydrogens (tertiary/aromatic N) is 2. The van der Waals surface area contributed by atoms with Crippen molar-refractivity contribution in [2.75, 3.05) is 38.0 Å². The zero-order valence-electron chi connectivity index (χ0n) is 19.7. The third-order valence-electron chi connectivity index (χ3n) is 6.28. The molecule has 1 amide bonds. The molecule has 7 nitrogen and oxygen atoms in total. The molecule has 1 aliphatic rings. The zero-order chi connectivity index (χ0) is 24.1. The van der Waals surface area contributed by atoms with E-state index >= 15 is 0 Å². The highest BCUT2D eigenvalue weighted by molar-refractivity contribution is 5.96. The van der Waals surface area contributed by atoms with Crippen molar-refractivity contribution in [1.82, 2.24) is 14.8 Å². The summed E-state index contributed by atoms with van der Waals surface area (Å²) in [6, 6.07) is 15.0. The number of amides is 1. The van der Waals surface area contributed by atoms with Crippen LogP contribution in [0.5, 0.6) is 0 Å². The van der Waals surface area contributed by atoms with Crippen LogP contribution in [0, 0.1) is 5.92 Å². The molecule has 2 aromatic carbocycles. The maximum Gasteiger partial charge on any atom is 0.325 e. The minimum atomic E-state index is -0.866. The summed E-state index contributed by atoms with van der Waals surface area (Å²) in [7, 11) is 0. The van der Waals surface area contributed by atoms with Crippen LogP contribution in [0.2, 0.25) is 0 Å². The molecule has 0 bridgehead atoms. The summed E-state index contributed by atoms with van der Waals surface area (Å²) in [6.07, 6.45) is 6.06. The fourth-order valence-electron chi connectivity index (χ4n) is 4.32. The quantitative estimate of drug-likeness (QED) is 0.468. The van der Waals surface area contributed by atoms with E-state index < -0.39 is 12.0 Å². The first-order valence-corrected chi connectivity index (χ1v) is 11.7. The number of aliphatic carboxylic acids is 1. The van der Waals surface area contributed by atoms with Crippen LogP contribution in [0.4, 0.5) is 5.69 Å². The molecule has 1 saturated heterocycles. The minimum absolute atomic E-state index is 0.0661. The van der Waals surface area contributed by atoms with Crippen LogP contribution in [0.3, 0.4) is 0 Å². The Morgan fingerprint density at radius 3 is 2.50 bits per heavy atom. The number of carboxylic acid groups (broad SMARTS) is 1. The van der Waals surface area contributed by atoms with Crippen molar-refractivity contribution in [1.29, 1.82) is 0 Å². The number of H-pyrrole nitrogens is 1. The van der Waals surface area contributed by atoms with E-state index in [2.05, 4.69) is 39.5 Å². The molecular weight excluding hydrogens is 428 g/mol. The smallest absolute Gasteiger partial charge is 0.325 e. The fourth-order valence-corrected chi connectivity index (χ4v) is 4.32. The number of hydrogen-bond acceptors (Lipinski definition) is 4. The van der Waals surface area contributed by atoms with Gasteiger partial charge in [-0.25, -0.2) is 0 Å². The Hall–Kier alpha value is -3.42. The predicted octanol–water partition coefficient (Wildman–Crippen LogP) is 4.22. The lowest BCUT2D eigenvalue weighted by molar-refractivity contribution is -0.144. The number of carbonyl (C=O) groups is 2. The van der Waals surface area contributed by atoms with Gasteiger partial charge in [0.05, 0.1) is 0 Å². The Balaban J connectivity index is 1.45. The van der Waals surface area contributed by atoms with E-state index in [1.165, 1.54) is 5.56 Å². The summed E-state index contributed by atoms with van der Waals surface area (Å²) in [4.78, 5) is 32.0. The summed E-state index contributed by atoms with van der Waals surface area (Å²) in [5, 5.41) is 13.9. The first kappa shape index (κ1) is 23.7. The molecule has 0 aliphatic carbocycles. The van der Waals surface area contributed by atoms with E-state index in [0.29, 0.717) is 18.8 Å². The monoisotopic (exact) mass is 460 g/mol. The lowest BCUT2D eigenvalue weighted by Crippen LogP contribution is -2.49. The van der Waals surface area contributed by atoms with E-state index in [-0.39, 0.29) is 11.8 Å². The molecule has 1 unspecified atom stereocenters. The number of anilines is 1. The lowest BCUT2D eigenvalue weighted by atomic mass is 10.0. The van der Waals surface area contributed by atoms with Gasteiger partial charge in [0.1, 0.15) is 6.04 Å².